The number of rotatable bonds is 4. The Labute approximate surface area is 111 Å². The summed E-state index contributed by atoms with van der Waals surface area (Å²) in [5, 5.41) is 1.87. The molecule has 3 nitrogen and oxygen atoms in total. The third kappa shape index (κ3) is 5.14. The SMILES string of the molecule is CC(Sc1ncccc1Cl)C(=O)NCC(F)(F)F. The summed E-state index contributed by atoms with van der Waals surface area (Å²) in [6, 6.07) is 3.22. The van der Waals surface area contributed by atoms with Crippen molar-refractivity contribution in [3.8, 4) is 0 Å². The van der Waals surface area contributed by atoms with Crippen molar-refractivity contribution in [3.63, 3.8) is 0 Å². The Kier molecular flexibility index (Phi) is 5.28. The van der Waals surface area contributed by atoms with Crippen molar-refractivity contribution in [1.82, 2.24) is 10.3 Å². The molecule has 1 rings (SSSR count). The molecule has 100 valence electrons. The summed E-state index contributed by atoms with van der Waals surface area (Å²) in [6.07, 6.45) is -2.92. The molecule has 0 aliphatic rings. The standard InChI is InChI=1S/C10H10ClF3N2OS/c1-6(8(17)16-5-10(12,13)14)18-9-7(11)3-2-4-15-9/h2-4,6H,5H2,1H3,(H,16,17). The number of thioether (sulfide) groups is 1. The monoisotopic (exact) mass is 298 g/mol. The lowest BCUT2D eigenvalue weighted by Gasteiger charge is -2.13. The molecule has 1 heterocycles. The van der Waals surface area contributed by atoms with Crippen LogP contribution in [0.1, 0.15) is 6.92 Å². The minimum Gasteiger partial charge on any atom is -0.346 e. The van der Waals surface area contributed by atoms with Crippen LogP contribution in [-0.4, -0.2) is 28.9 Å². The Bertz CT molecular complexity index is 428. The van der Waals surface area contributed by atoms with Crippen LogP contribution in [0.15, 0.2) is 23.4 Å². The molecule has 1 aromatic rings. The number of hydrogen-bond donors (Lipinski definition) is 1. The Morgan fingerprint density at radius 3 is 2.83 bits per heavy atom. The van der Waals surface area contributed by atoms with Gasteiger partial charge in [-0.15, -0.1) is 0 Å². The molecule has 1 aromatic heterocycles. The molecule has 1 atom stereocenters. The summed E-state index contributed by atoms with van der Waals surface area (Å²) in [5.74, 6) is -0.709. The highest BCUT2D eigenvalue weighted by molar-refractivity contribution is 8.00. The van der Waals surface area contributed by atoms with Crippen molar-refractivity contribution in [2.45, 2.75) is 23.4 Å². The van der Waals surface area contributed by atoms with Crippen LogP contribution in [0.3, 0.4) is 0 Å². The van der Waals surface area contributed by atoms with Crippen LogP contribution in [0.5, 0.6) is 0 Å². The maximum Gasteiger partial charge on any atom is 0.405 e. The van der Waals surface area contributed by atoms with E-state index in [0.717, 1.165) is 11.8 Å². The largest absolute Gasteiger partial charge is 0.405 e. The van der Waals surface area contributed by atoms with Gasteiger partial charge in [-0.3, -0.25) is 4.79 Å². The fourth-order valence-electron chi connectivity index (χ4n) is 1.01. The van der Waals surface area contributed by atoms with E-state index >= 15 is 0 Å². The highest BCUT2D eigenvalue weighted by Gasteiger charge is 2.29. The zero-order valence-electron chi connectivity index (χ0n) is 9.29. The predicted octanol–water partition coefficient (Wildman–Crippen LogP) is 2.89. The number of pyridine rings is 1. The lowest BCUT2D eigenvalue weighted by molar-refractivity contribution is -0.137. The number of nitrogens with zero attached hydrogens (tertiary/aromatic N) is 1. The molecule has 0 spiro atoms. The van der Waals surface area contributed by atoms with Gasteiger partial charge in [-0.1, -0.05) is 23.4 Å². The van der Waals surface area contributed by atoms with Gasteiger partial charge in [0.05, 0.1) is 10.3 Å². The molecule has 1 N–H and O–H groups in total. The summed E-state index contributed by atoms with van der Waals surface area (Å²) >= 11 is 6.83. The molecule has 18 heavy (non-hydrogen) atoms. The maximum atomic E-state index is 11.9. The van der Waals surface area contributed by atoms with Crippen LogP contribution < -0.4 is 5.32 Å². The van der Waals surface area contributed by atoms with Gasteiger partial charge < -0.3 is 5.32 Å². The Balaban J connectivity index is 2.53. The Morgan fingerprint density at radius 2 is 2.28 bits per heavy atom. The molecule has 0 aromatic carbocycles. The average Bonchev–Trinajstić information content (AvgIpc) is 2.28. The van der Waals surface area contributed by atoms with Crippen LogP contribution in [0, 0.1) is 0 Å². The number of nitrogens with one attached hydrogen (secondary N) is 1. The van der Waals surface area contributed by atoms with Gasteiger partial charge >= 0.3 is 6.18 Å². The van der Waals surface area contributed by atoms with Crippen LogP contribution in [-0.2, 0) is 4.79 Å². The van der Waals surface area contributed by atoms with E-state index < -0.39 is 23.9 Å². The normalized spacial score (nSPS) is 13.2. The van der Waals surface area contributed by atoms with Crippen molar-refractivity contribution in [2.75, 3.05) is 6.54 Å². The van der Waals surface area contributed by atoms with Crippen LogP contribution in [0.4, 0.5) is 13.2 Å². The van der Waals surface area contributed by atoms with E-state index in [1.165, 1.54) is 13.1 Å². The maximum absolute atomic E-state index is 11.9. The first-order valence-electron chi connectivity index (χ1n) is 4.91. The second-order valence-electron chi connectivity index (χ2n) is 3.38. The Hall–Kier alpha value is -0.950. The number of aromatic nitrogens is 1. The first-order chi connectivity index (χ1) is 8.29. The predicted molar refractivity (Wildman–Crippen MR) is 63.6 cm³/mol. The Morgan fingerprint density at radius 1 is 1.61 bits per heavy atom. The second kappa shape index (κ2) is 6.29. The highest BCUT2D eigenvalue weighted by Crippen LogP contribution is 2.27. The molecule has 0 aliphatic heterocycles. The van der Waals surface area contributed by atoms with E-state index in [1.807, 2.05) is 0 Å². The van der Waals surface area contributed by atoms with Gasteiger partial charge in [0.1, 0.15) is 11.6 Å². The molecular formula is C10H10ClF3N2OS. The number of hydrogen-bond acceptors (Lipinski definition) is 3. The summed E-state index contributed by atoms with van der Waals surface area (Å²) in [4.78, 5) is 15.3. The van der Waals surface area contributed by atoms with E-state index in [0.29, 0.717) is 10.0 Å². The molecule has 0 bridgehead atoms. The first kappa shape index (κ1) is 15.1. The van der Waals surface area contributed by atoms with Crippen LogP contribution >= 0.6 is 23.4 Å². The van der Waals surface area contributed by atoms with Crippen molar-refractivity contribution < 1.29 is 18.0 Å². The van der Waals surface area contributed by atoms with Crippen molar-refractivity contribution in [2.24, 2.45) is 0 Å². The fraction of sp³-hybridized carbons (Fsp3) is 0.400. The summed E-state index contributed by atoms with van der Waals surface area (Å²) in [6.45, 7) is 0.147. The van der Waals surface area contributed by atoms with Crippen LogP contribution in [0.2, 0.25) is 5.02 Å². The smallest absolute Gasteiger partial charge is 0.346 e. The number of halogens is 4. The van der Waals surface area contributed by atoms with E-state index in [1.54, 1.807) is 17.4 Å². The molecule has 0 radical (unpaired) electrons. The third-order valence-electron chi connectivity index (χ3n) is 1.85. The minimum absolute atomic E-state index is 0.359. The molecule has 0 aliphatic carbocycles. The molecule has 0 saturated carbocycles. The van der Waals surface area contributed by atoms with Gasteiger partial charge in [0.15, 0.2) is 0 Å². The van der Waals surface area contributed by atoms with Crippen molar-refractivity contribution in [1.29, 1.82) is 0 Å². The molecule has 0 saturated heterocycles. The van der Waals surface area contributed by atoms with Gasteiger partial charge in [0, 0.05) is 6.20 Å². The second-order valence-corrected chi connectivity index (χ2v) is 5.12. The van der Waals surface area contributed by atoms with E-state index in [4.69, 9.17) is 11.6 Å². The fourth-order valence-corrected chi connectivity index (χ4v) is 2.09. The number of carbonyl (C=O) groups is 1. The lowest BCUT2D eigenvalue weighted by Crippen LogP contribution is -2.38. The van der Waals surface area contributed by atoms with Crippen molar-refractivity contribution >= 4 is 29.3 Å². The van der Waals surface area contributed by atoms with Crippen LogP contribution in [0.25, 0.3) is 0 Å². The van der Waals surface area contributed by atoms with E-state index in [9.17, 15) is 18.0 Å². The van der Waals surface area contributed by atoms with Gasteiger partial charge in [-0.2, -0.15) is 13.2 Å². The van der Waals surface area contributed by atoms with E-state index in [-0.39, 0.29) is 0 Å². The molecule has 0 fully saturated rings. The summed E-state index contributed by atoms with van der Waals surface area (Å²) in [7, 11) is 0. The average molecular weight is 299 g/mol. The zero-order valence-corrected chi connectivity index (χ0v) is 10.9. The summed E-state index contributed by atoms with van der Waals surface area (Å²) < 4.78 is 35.7. The highest BCUT2D eigenvalue weighted by atomic mass is 35.5. The molecule has 1 amide bonds. The zero-order chi connectivity index (χ0) is 13.8. The summed E-state index contributed by atoms with van der Waals surface area (Å²) in [5.41, 5.74) is 0. The van der Waals surface area contributed by atoms with Gasteiger partial charge in [-0.25, -0.2) is 4.98 Å². The quantitative estimate of drug-likeness (QED) is 0.869. The van der Waals surface area contributed by atoms with Gasteiger partial charge in [0.2, 0.25) is 5.91 Å². The third-order valence-corrected chi connectivity index (χ3v) is 3.38. The first-order valence-corrected chi connectivity index (χ1v) is 6.17. The van der Waals surface area contributed by atoms with Gasteiger partial charge in [-0.05, 0) is 19.1 Å². The topological polar surface area (TPSA) is 42.0 Å². The molecule has 8 heteroatoms. The number of carbonyl (C=O) groups excluding carboxylic acids is 1. The van der Waals surface area contributed by atoms with Crippen molar-refractivity contribution in [3.05, 3.63) is 23.4 Å². The molecular weight excluding hydrogens is 289 g/mol. The van der Waals surface area contributed by atoms with Gasteiger partial charge in [0.25, 0.3) is 0 Å². The lowest BCUT2D eigenvalue weighted by atomic mass is 10.4. The van der Waals surface area contributed by atoms with E-state index in [2.05, 4.69) is 4.98 Å². The number of alkyl halides is 3. The molecule has 1 unspecified atom stereocenters. The number of amides is 1. The minimum atomic E-state index is -4.41.